The van der Waals surface area contributed by atoms with E-state index in [-0.39, 0.29) is 17.7 Å². The van der Waals surface area contributed by atoms with Crippen LogP contribution in [0, 0.1) is 23.7 Å². The van der Waals surface area contributed by atoms with Crippen LogP contribution in [0.2, 0.25) is 0 Å². The summed E-state index contributed by atoms with van der Waals surface area (Å²) in [7, 11) is 0. The van der Waals surface area contributed by atoms with Gasteiger partial charge in [0, 0.05) is 25.8 Å². The molecule has 206 valence electrons. The number of aromatic nitrogens is 4. The lowest BCUT2D eigenvalue weighted by Crippen LogP contribution is -2.32. The predicted molar refractivity (Wildman–Crippen MR) is 148 cm³/mol. The van der Waals surface area contributed by atoms with Crippen molar-refractivity contribution in [1.82, 2.24) is 19.5 Å². The highest BCUT2D eigenvalue weighted by atomic mass is 16.5. The van der Waals surface area contributed by atoms with Crippen molar-refractivity contribution in [1.29, 1.82) is 0 Å². The average molecular weight is 524 g/mol. The van der Waals surface area contributed by atoms with Gasteiger partial charge in [0.25, 0.3) is 0 Å². The number of ether oxygens (including phenoxy) is 1. The quantitative estimate of drug-likeness (QED) is 0.321. The highest BCUT2D eigenvalue weighted by Gasteiger charge is 2.30. The van der Waals surface area contributed by atoms with Crippen molar-refractivity contribution in [3.8, 4) is 0 Å². The van der Waals surface area contributed by atoms with E-state index >= 15 is 0 Å². The largest absolute Gasteiger partial charge is 0.463 e. The van der Waals surface area contributed by atoms with Crippen LogP contribution >= 0.6 is 0 Å². The molecule has 5 rings (SSSR count). The lowest BCUT2D eigenvalue weighted by atomic mass is 9.80. The molecule has 3 fully saturated rings. The molecule has 1 amide bonds. The van der Waals surface area contributed by atoms with Crippen LogP contribution in [0.25, 0.3) is 16.7 Å². The monoisotopic (exact) mass is 523 g/mol. The Bertz CT molecular complexity index is 1200. The van der Waals surface area contributed by atoms with Gasteiger partial charge in [-0.25, -0.2) is 19.7 Å². The zero-order valence-corrected chi connectivity index (χ0v) is 22.7. The number of hydrogen-bond donors (Lipinski definition) is 3. The van der Waals surface area contributed by atoms with Crippen molar-refractivity contribution in [2.45, 2.75) is 84.2 Å². The van der Waals surface area contributed by atoms with Gasteiger partial charge in [0.1, 0.15) is 11.3 Å². The van der Waals surface area contributed by atoms with E-state index in [1.54, 1.807) is 0 Å². The van der Waals surface area contributed by atoms with Gasteiger partial charge in [-0.1, -0.05) is 32.8 Å². The van der Waals surface area contributed by atoms with Crippen LogP contribution in [0.3, 0.4) is 0 Å². The van der Waals surface area contributed by atoms with Gasteiger partial charge in [0.05, 0.1) is 0 Å². The minimum atomic E-state index is -1.38. The molecule has 1 saturated heterocycles. The van der Waals surface area contributed by atoms with Crippen LogP contribution in [-0.4, -0.2) is 55.8 Å². The van der Waals surface area contributed by atoms with Crippen LogP contribution in [0.1, 0.15) is 83.3 Å². The van der Waals surface area contributed by atoms with E-state index < -0.39 is 6.09 Å². The van der Waals surface area contributed by atoms with Crippen LogP contribution in [0.4, 0.5) is 10.6 Å². The molecule has 2 aliphatic carbocycles. The molecular formula is C28H41N7O3. The van der Waals surface area contributed by atoms with Crippen molar-refractivity contribution in [3.63, 3.8) is 0 Å². The van der Waals surface area contributed by atoms with Gasteiger partial charge in [-0.2, -0.15) is 4.99 Å². The Hall–Kier alpha value is -3.01. The molecule has 3 heterocycles. The van der Waals surface area contributed by atoms with Crippen LogP contribution < -0.4 is 11.1 Å². The number of nitrogens with zero attached hydrogens (tertiary/aromatic N) is 5. The Kier molecular flexibility index (Phi) is 7.97. The normalized spacial score (nSPS) is 24.2. The second-order valence-electron chi connectivity index (χ2n) is 11.6. The lowest BCUT2D eigenvalue weighted by Gasteiger charge is -2.32. The molecule has 2 saturated carbocycles. The van der Waals surface area contributed by atoms with Gasteiger partial charge < -0.3 is 25.5 Å². The molecular weight excluding hydrogens is 482 g/mol. The number of fused-ring (bicyclic) bond motifs is 1. The number of carboxylic acid groups (broad SMARTS) is 1. The first-order valence-electron chi connectivity index (χ1n) is 14.2. The number of amidine groups is 1. The maximum absolute atomic E-state index is 11.2. The Morgan fingerprint density at radius 3 is 2.50 bits per heavy atom. The van der Waals surface area contributed by atoms with Crippen molar-refractivity contribution >= 4 is 34.5 Å². The summed E-state index contributed by atoms with van der Waals surface area (Å²) in [6, 6.07) is 0.202. The topological polar surface area (TPSA) is 141 Å². The molecule has 4 N–H and O–H groups in total. The second-order valence-corrected chi connectivity index (χ2v) is 11.6. The molecule has 2 aromatic rings. The number of hydrogen-bond acceptors (Lipinski definition) is 6. The maximum atomic E-state index is 11.2. The Labute approximate surface area is 224 Å². The van der Waals surface area contributed by atoms with Gasteiger partial charge in [0.15, 0.2) is 23.1 Å². The molecule has 10 heteroatoms. The lowest BCUT2D eigenvalue weighted by molar-refractivity contribution is 0.0806. The van der Waals surface area contributed by atoms with E-state index in [0.29, 0.717) is 29.2 Å². The zero-order valence-electron chi connectivity index (χ0n) is 22.7. The van der Waals surface area contributed by atoms with E-state index in [4.69, 9.17) is 20.4 Å². The third-order valence-corrected chi connectivity index (χ3v) is 8.85. The summed E-state index contributed by atoms with van der Waals surface area (Å²) >= 11 is 0. The Morgan fingerprint density at radius 1 is 1.16 bits per heavy atom. The maximum Gasteiger partial charge on any atom is 0.433 e. The number of carbonyl (C=O) groups is 1. The summed E-state index contributed by atoms with van der Waals surface area (Å²) in [6.45, 7) is 11.3. The minimum absolute atomic E-state index is 0.0718. The summed E-state index contributed by atoms with van der Waals surface area (Å²) in [5.41, 5.74) is 8.35. The fourth-order valence-electron chi connectivity index (χ4n) is 6.10. The first-order valence-corrected chi connectivity index (χ1v) is 14.2. The number of amides is 1. The number of nitrogens with one attached hydrogen (secondary N) is 1. The van der Waals surface area contributed by atoms with E-state index in [1.807, 2.05) is 0 Å². The molecule has 1 atom stereocenters. The first kappa shape index (κ1) is 26.6. The number of imidazole rings is 1. The molecule has 10 nitrogen and oxygen atoms in total. The van der Waals surface area contributed by atoms with Crippen molar-refractivity contribution in [3.05, 3.63) is 18.2 Å². The summed E-state index contributed by atoms with van der Waals surface area (Å²) in [6.07, 6.45) is 8.91. The number of anilines is 1. The number of nitrogens with two attached hydrogens (primary N) is 1. The predicted octanol–water partition coefficient (Wildman–Crippen LogP) is 5.08. The summed E-state index contributed by atoms with van der Waals surface area (Å²) in [5, 5.41) is 12.8. The summed E-state index contributed by atoms with van der Waals surface area (Å²) in [4.78, 5) is 29.1. The van der Waals surface area contributed by atoms with Crippen LogP contribution in [0.15, 0.2) is 11.6 Å². The number of allylic oxidation sites excluding steroid dienone is 1. The molecule has 0 radical (unpaired) electrons. The molecule has 0 unspecified atom stereocenters. The fraction of sp³-hybridized carbons (Fsp3) is 0.679. The molecule has 0 spiro atoms. The van der Waals surface area contributed by atoms with Gasteiger partial charge in [-0.3, -0.25) is 0 Å². The minimum Gasteiger partial charge on any atom is -0.463 e. The smallest absolute Gasteiger partial charge is 0.433 e. The standard InChI is InChI=1S/C28H41N7O3/c1-16-7-9-19(10-8-16)15-35-22-24(30-18(3)21-5-4-6-21)32-26(23(29)31-28(36)37)33-25(22)34-27(35)17(2)20-11-13-38-14-12-20/h16,18-21H,2,4-15H2,1,3H3,(H2,29,31)(H,36,37)(H,30,32,33)/t16?,18-,19?/m1/s1. The molecule has 1 aliphatic heterocycles. The van der Waals surface area contributed by atoms with Gasteiger partial charge in [0.2, 0.25) is 0 Å². The molecule has 3 aliphatic rings. The van der Waals surface area contributed by atoms with Crippen molar-refractivity contribution < 1.29 is 14.6 Å². The SMILES string of the molecule is C=C(c1nc2nc(/C(N)=N/C(=O)O)nc(N[C@H](C)C3CCC3)c2n1CC1CCC(C)CC1)C1CCOCC1. The van der Waals surface area contributed by atoms with Gasteiger partial charge in [-0.05, 0) is 74.7 Å². The van der Waals surface area contributed by atoms with Gasteiger partial charge >= 0.3 is 6.09 Å². The highest BCUT2D eigenvalue weighted by molar-refractivity contribution is 6.01. The van der Waals surface area contributed by atoms with Crippen LogP contribution in [-0.2, 0) is 11.3 Å². The molecule has 38 heavy (non-hydrogen) atoms. The molecule has 0 bridgehead atoms. The van der Waals surface area contributed by atoms with E-state index in [0.717, 1.165) is 55.4 Å². The van der Waals surface area contributed by atoms with E-state index in [1.165, 1.54) is 44.9 Å². The van der Waals surface area contributed by atoms with Crippen molar-refractivity contribution in [2.24, 2.45) is 34.4 Å². The third kappa shape index (κ3) is 5.70. The fourth-order valence-corrected chi connectivity index (χ4v) is 6.10. The second kappa shape index (κ2) is 11.4. The van der Waals surface area contributed by atoms with Crippen LogP contribution in [0.5, 0.6) is 0 Å². The molecule has 0 aromatic carbocycles. The van der Waals surface area contributed by atoms with Crippen molar-refractivity contribution in [2.75, 3.05) is 18.5 Å². The Morgan fingerprint density at radius 2 is 1.87 bits per heavy atom. The average Bonchev–Trinajstić information content (AvgIpc) is 3.22. The summed E-state index contributed by atoms with van der Waals surface area (Å²) < 4.78 is 7.88. The Balaban J connectivity index is 1.62. The van der Waals surface area contributed by atoms with E-state index in [9.17, 15) is 9.90 Å². The van der Waals surface area contributed by atoms with Gasteiger partial charge in [-0.15, -0.1) is 0 Å². The highest BCUT2D eigenvalue weighted by Crippen LogP contribution is 2.37. The van der Waals surface area contributed by atoms with E-state index in [2.05, 4.69) is 40.3 Å². The first-order chi connectivity index (χ1) is 18.3. The number of rotatable bonds is 8. The zero-order chi connectivity index (χ0) is 26.8. The summed E-state index contributed by atoms with van der Waals surface area (Å²) in [5.74, 6) is 3.48. The molecule has 2 aromatic heterocycles. The third-order valence-electron chi connectivity index (χ3n) is 8.85. The number of aliphatic imine (C=N–C) groups is 1.